The maximum Gasteiger partial charge on any atom is 0.335 e. The van der Waals surface area contributed by atoms with E-state index in [1.165, 1.54) is 35.6 Å². The monoisotopic (exact) mass is 454 g/mol. The van der Waals surface area contributed by atoms with Crippen LogP contribution in [0.4, 0.5) is 5.00 Å². The van der Waals surface area contributed by atoms with Crippen molar-refractivity contribution in [3.8, 4) is 11.5 Å². The summed E-state index contributed by atoms with van der Waals surface area (Å²) in [5, 5.41) is 15.0. The molecular weight excluding hydrogens is 432 g/mol. The van der Waals surface area contributed by atoms with E-state index in [9.17, 15) is 14.4 Å². The fraction of sp³-hybridized carbons (Fsp3) is 0.174. The molecule has 0 saturated heterocycles. The molecule has 2 aromatic carbocycles. The van der Waals surface area contributed by atoms with E-state index in [4.69, 9.17) is 14.6 Å². The van der Waals surface area contributed by atoms with Crippen LogP contribution in [-0.4, -0.2) is 37.1 Å². The average Bonchev–Trinajstić information content (AvgIpc) is 3.17. The second kappa shape index (κ2) is 9.97. The van der Waals surface area contributed by atoms with Gasteiger partial charge in [-0.3, -0.25) is 9.59 Å². The topological polar surface area (TPSA) is 114 Å². The summed E-state index contributed by atoms with van der Waals surface area (Å²) in [4.78, 5) is 37.2. The zero-order valence-corrected chi connectivity index (χ0v) is 18.5. The third-order valence-corrected chi connectivity index (χ3v) is 5.59. The maximum atomic E-state index is 12.8. The van der Waals surface area contributed by atoms with Gasteiger partial charge in [-0.1, -0.05) is 6.07 Å². The summed E-state index contributed by atoms with van der Waals surface area (Å²) < 4.78 is 10.5. The summed E-state index contributed by atoms with van der Waals surface area (Å²) in [6.45, 7) is 2.10. The number of rotatable bonds is 8. The van der Waals surface area contributed by atoms with E-state index < -0.39 is 11.9 Å². The van der Waals surface area contributed by atoms with Crippen molar-refractivity contribution in [1.82, 2.24) is 5.32 Å². The van der Waals surface area contributed by atoms with Crippen LogP contribution in [0.2, 0.25) is 0 Å². The molecule has 1 heterocycles. The van der Waals surface area contributed by atoms with Crippen LogP contribution < -0.4 is 20.1 Å². The van der Waals surface area contributed by atoms with Crippen molar-refractivity contribution < 1.29 is 29.0 Å². The number of methoxy groups -OCH3 is 2. The van der Waals surface area contributed by atoms with E-state index in [2.05, 4.69) is 10.6 Å². The molecule has 8 nitrogen and oxygen atoms in total. The van der Waals surface area contributed by atoms with Gasteiger partial charge in [0.05, 0.1) is 25.3 Å². The van der Waals surface area contributed by atoms with Gasteiger partial charge in [0.1, 0.15) is 5.00 Å². The summed E-state index contributed by atoms with van der Waals surface area (Å²) in [5.74, 6) is -0.678. The Morgan fingerprint density at radius 2 is 1.56 bits per heavy atom. The number of carbonyl (C=O) groups is 3. The molecule has 3 N–H and O–H groups in total. The highest BCUT2D eigenvalue weighted by Gasteiger charge is 2.18. The van der Waals surface area contributed by atoms with E-state index in [-0.39, 0.29) is 23.6 Å². The number of ether oxygens (including phenoxy) is 2. The van der Waals surface area contributed by atoms with Gasteiger partial charge in [-0.2, -0.15) is 0 Å². The van der Waals surface area contributed by atoms with Crippen LogP contribution in [0.1, 0.15) is 41.5 Å². The van der Waals surface area contributed by atoms with Crippen LogP contribution >= 0.6 is 11.3 Å². The van der Waals surface area contributed by atoms with E-state index in [0.717, 1.165) is 10.4 Å². The second-order valence-corrected chi connectivity index (χ2v) is 8.06. The molecule has 0 fully saturated rings. The van der Waals surface area contributed by atoms with Gasteiger partial charge >= 0.3 is 5.97 Å². The first-order valence-corrected chi connectivity index (χ1v) is 10.4. The fourth-order valence-corrected chi connectivity index (χ4v) is 3.89. The minimum absolute atomic E-state index is 0.0868. The predicted molar refractivity (Wildman–Crippen MR) is 121 cm³/mol. The van der Waals surface area contributed by atoms with Gasteiger partial charge in [0.2, 0.25) is 0 Å². The van der Waals surface area contributed by atoms with Crippen molar-refractivity contribution in [2.75, 3.05) is 19.5 Å². The van der Waals surface area contributed by atoms with Crippen LogP contribution in [-0.2, 0) is 6.54 Å². The predicted octanol–water partition coefficient (Wildman–Crippen LogP) is 3.95. The third kappa shape index (κ3) is 5.25. The molecule has 0 atom stereocenters. The highest BCUT2D eigenvalue weighted by atomic mass is 32.1. The number of carboxylic acid groups (broad SMARTS) is 1. The number of carboxylic acids is 1. The average molecular weight is 455 g/mol. The van der Waals surface area contributed by atoms with E-state index in [1.54, 1.807) is 32.4 Å². The van der Waals surface area contributed by atoms with E-state index in [1.807, 2.05) is 13.0 Å². The number of hydrogen-bond donors (Lipinski definition) is 3. The molecule has 0 radical (unpaired) electrons. The molecule has 0 spiro atoms. The van der Waals surface area contributed by atoms with Crippen molar-refractivity contribution in [1.29, 1.82) is 0 Å². The number of thiophene rings is 1. The van der Waals surface area contributed by atoms with Crippen LogP contribution in [0.25, 0.3) is 0 Å². The van der Waals surface area contributed by atoms with Gasteiger partial charge in [-0.25, -0.2) is 4.79 Å². The quantitative estimate of drug-likeness (QED) is 0.475. The van der Waals surface area contributed by atoms with Crippen molar-refractivity contribution >= 4 is 34.1 Å². The van der Waals surface area contributed by atoms with Gasteiger partial charge in [0.15, 0.2) is 11.5 Å². The van der Waals surface area contributed by atoms with Crippen LogP contribution in [0.5, 0.6) is 11.5 Å². The summed E-state index contributed by atoms with van der Waals surface area (Å²) in [7, 11) is 3.09. The number of carbonyl (C=O) groups excluding carboxylic acids is 2. The third-order valence-electron chi connectivity index (χ3n) is 4.62. The smallest absolute Gasteiger partial charge is 0.335 e. The second-order valence-electron chi connectivity index (χ2n) is 6.81. The standard InChI is InChI=1S/C23H22N2O6S/c1-13-10-17(21(27)24-12-14-4-9-18(30-2)19(11-14)31-3)22(32-13)25-20(26)15-5-7-16(8-6-15)23(28)29/h4-11H,12H2,1-3H3,(H,24,27)(H,25,26)(H,28,29). The Bertz CT molecular complexity index is 1150. The first kappa shape index (κ1) is 22.8. The summed E-state index contributed by atoms with van der Waals surface area (Å²) in [6, 6.07) is 12.6. The summed E-state index contributed by atoms with van der Waals surface area (Å²) >= 11 is 1.28. The lowest BCUT2D eigenvalue weighted by atomic mass is 10.1. The molecule has 0 unspecified atom stereocenters. The molecule has 0 aliphatic rings. The van der Waals surface area contributed by atoms with Crippen molar-refractivity contribution in [2.45, 2.75) is 13.5 Å². The minimum Gasteiger partial charge on any atom is -0.493 e. The van der Waals surface area contributed by atoms with Crippen LogP contribution in [0.15, 0.2) is 48.5 Å². The maximum absolute atomic E-state index is 12.8. The highest BCUT2D eigenvalue weighted by molar-refractivity contribution is 7.16. The number of hydrogen-bond acceptors (Lipinski definition) is 6. The Morgan fingerprint density at radius 3 is 2.19 bits per heavy atom. The lowest BCUT2D eigenvalue weighted by Gasteiger charge is -2.11. The molecule has 3 aromatic rings. The van der Waals surface area contributed by atoms with Gasteiger partial charge in [-0.05, 0) is 55.0 Å². The largest absolute Gasteiger partial charge is 0.493 e. The van der Waals surface area contributed by atoms with E-state index >= 15 is 0 Å². The lowest BCUT2D eigenvalue weighted by molar-refractivity contribution is 0.0696. The number of aryl methyl sites for hydroxylation is 1. The van der Waals surface area contributed by atoms with Crippen molar-refractivity contribution in [3.05, 3.63) is 75.7 Å². The number of nitrogens with one attached hydrogen (secondary N) is 2. The minimum atomic E-state index is -1.07. The molecule has 0 aliphatic heterocycles. The number of anilines is 1. The Kier molecular flexibility index (Phi) is 7.11. The van der Waals surface area contributed by atoms with Crippen molar-refractivity contribution in [3.63, 3.8) is 0 Å². The van der Waals surface area contributed by atoms with Crippen LogP contribution in [0.3, 0.4) is 0 Å². The molecule has 1 aromatic heterocycles. The van der Waals surface area contributed by atoms with E-state index in [0.29, 0.717) is 22.1 Å². The summed E-state index contributed by atoms with van der Waals surface area (Å²) in [6.07, 6.45) is 0. The molecule has 3 rings (SSSR count). The van der Waals surface area contributed by atoms with Gasteiger partial charge in [-0.15, -0.1) is 11.3 Å². The van der Waals surface area contributed by atoms with Crippen molar-refractivity contribution in [2.24, 2.45) is 0 Å². The van der Waals surface area contributed by atoms with Gasteiger partial charge in [0, 0.05) is 17.0 Å². The Balaban J connectivity index is 1.71. The SMILES string of the molecule is COc1ccc(CNC(=O)c2cc(C)sc2NC(=O)c2ccc(C(=O)O)cc2)cc1OC. The van der Waals surface area contributed by atoms with Gasteiger partial charge < -0.3 is 25.2 Å². The fourth-order valence-electron chi connectivity index (χ4n) is 2.98. The zero-order valence-electron chi connectivity index (χ0n) is 17.7. The van der Waals surface area contributed by atoms with Gasteiger partial charge in [0.25, 0.3) is 11.8 Å². The lowest BCUT2D eigenvalue weighted by Crippen LogP contribution is -2.24. The molecule has 2 amide bonds. The molecule has 0 bridgehead atoms. The molecule has 166 valence electrons. The normalized spacial score (nSPS) is 10.3. The van der Waals surface area contributed by atoms with Crippen LogP contribution in [0, 0.1) is 6.92 Å². The first-order valence-electron chi connectivity index (χ1n) is 9.56. The Morgan fingerprint density at radius 1 is 0.906 bits per heavy atom. The molecule has 9 heteroatoms. The number of benzene rings is 2. The molecule has 32 heavy (non-hydrogen) atoms. The Hall–Kier alpha value is -3.85. The number of amides is 2. The highest BCUT2D eigenvalue weighted by Crippen LogP contribution is 2.29. The molecule has 0 saturated carbocycles. The Labute approximate surface area is 188 Å². The molecular formula is C23H22N2O6S. The molecule has 0 aliphatic carbocycles. The first-order chi connectivity index (χ1) is 15.3. The summed E-state index contributed by atoms with van der Waals surface area (Å²) in [5.41, 5.74) is 1.55. The number of aromatic carboxylic acids is 1. The zero-order chi connectivity index (χ0) is 23.3.